The first kappa shape index (κ1) is 17.0. The maximum absolute atomic E-state index is 12.0. The topological polar surface area (TPSA) is 67.4 Å². The molecule has 0 saturated carbocycles. The Kier molecular flexibility index (Phi) is 5.76. The van der Waals surface area contributed by atoms with Crippen LogP contribution in [0.3, 0.4) is 0 Å². The van der Waals surface area contributed by atoms with E-state index in [-0.39, 0.29) is 12.3 Å². The molecule has 0 saturated heterocycles. The molecule has 23 heavy (non-hydrogen) atoms. The van der Waals surface area contributed by atoms with Crippen molar-refractivity contribution in [1.82, 2.24) is 0 Å². The highest BCUT2D eigenvalue weighted by molar-refractivity contribution is 9.10. The van der Waals surface area contributed by atoms with Crippen LogP contribution in [0.25, 0.3) is 0 Å². The molecule has 0 heterocycles. The van der Waals surface area contributed by atoms with Crippen molar-refractivity contribution in [3.05, 3.63) is 52.5 Å². The molecule has 0 aliphatic carbocycles. The minimum atomic E-state index is -0.402. The summed E-state index contributed by atoms with van der Waals surface area (Å²) in [6.45, 7) is 1.92. The highest BCUT2D eigenvalue weighted by Crippen LogP contribution is 2.23. The van der Waals surface area contributed by atoms with Gasteiger partial charge in [-0.25, -0.2) is 0 Å². The first-order valence-electron chi connectivity index (χ1n) is 6.98. The number of hydrogen-bond acceptors (Lipinski definition) is 3. The van der Waals surface area contributed by atoms with Gasteiger partial charge < -0.3 is 15.4 Å². The number of ether oxygens (including phenoxy) is 1. The van der Waals surface area contributed by atoms with Gasteiger partial charge in [-0.1, -0.05) is 28.1 Å². The number of methoxy groups -OCH3 is 1. The van der Waals surface area contributed by atoms with Crippen molar-refractivity contribution in [2.24, 2.45) is 0 Å². The summed E-state index contributed by atoms with van der Waals surface area (Å²) in [5.41, 5.74) is 2.19. The lowest BCUT2D eigenvalue weighted by Crippen LogP contribution is -2.21. The zero-order chi connectivity index (χ0) is 16.8. The molecule has 5 nitrogen and oxygen atoms in total. The van der Waals surface area contributed by atoms with Crippen LogP contribution >= 0.6 is 15.9 Å². The predicted molar refractivity (Wildman–Crippen MR) is 93.7 cm³/mol. The molecule has 0 atom stereocenters. The average molecular weight is 377 g/mol. The number of carbonyl (C=O) groups is 2. The van der Waals surface area contributed by atoms with Crippen molar-refractivity contribution in [1.29, 1.82) is 0 Å². The van der Waals surface area contributed by atoms with Crippen LogP contribution in [0.15, 0.2) is 46.9 Å². The standard InChI is InChI=1S/C17H17BrN2O3/c1-11-9-12(7-8-13(11)18)19-16(21)10-17(22)20-14-5-3-4-6-15(14)23-2/h3-9H,10H2,1-2H3,(H,19,21)(H,20,22). The molecule has 0 unspecified atom stereocenters. The molecule has 0 aliphatic rings. The van der Waals surface area contributed by atoms with Crippen molar-refractivity contribution < 1.29 is 14.3 Å². The van der Waals surface area contributed by atoms with Gasteiger partial charge in [0.15, 0.2) is 0 Å². The van der Waals surface area contributed by atoms with E-state index in [1.54, 1.807) is 30.3 Å². The first-order chi connectivity index (χ1) is 11.0. The van der Waals surface area contributed by atoms with E-state index in [0.29, 0.717) is 17.1 Å². The van der Waals surface area contributed by atoms with Gasteiger partial charge in [-0.2, -0.15) is 0 Å². The Morgan fingerprint density at radius 1 is 1.09 bits per heavy atom. The summed E-state index contributed by atoms with van der Waals surface area (Å²) in [7, 11) is 1.52. The lowest BCUT2D eigenvalue weighted by atomic mass is 10.2. The van der Waals surface area contributed by atoms with Crippen LogP contribution in [0.4, 0.5) is 11.4 Å². The van der Waals surface area contributed by atoms with Crippen molar-refractivity contribution in [3.63, 3.8) is 0 Å². The highest BCUT2D eigenvalue weighted by atomic mass is 79.9. The van der Waals surface area contributed by atoms with E-state index in [4.69, 9.17) is 4.74 Å². The molecule has 0 fully saturated rings. The molecule has 0 aromatic heterocycles. The molecule has 2 rings (SSSR count). The Morgan fingerprint density at radius 2 is 1.78 bits per heavy atom. The van der Waals surface area contributed by atoms with E-state index in [1.165, 1.54) is 7.11 Å². The Labute approximate surface area is 143 Å². The van der Waals surface area contributed by atoms with Gasteiger partial charge in [0, 0.05) is 10.2 Å². The number of hydrogen-bond donors (Lipinski definition) is 2. The summed E-state index contributed by atoms with van der Waals surface area (Å²) in [5, 5.41) is 5.37. The van der Waals surface area contributed by atoms with Gasteiger partial charge in [-0.3, -0.25) is 9.59 Å². The molecule has 2 aromatic carbocycles. The second-order valence-electron chi connectivity index (χ2n) is 4.94. The minimum Gasteiger partial charge on any atom is -0.495 e. The molecule has 2 aromatic rings. The Morgan fingerprint density at radius 3 is 2.48 bits per heavy atom. The number of amides is 2. The van der Waals surface area contributed by atoms with Crippen LogP contribution in [0.1, 0.15) is 12.0 Å². The fraction of sp³-hybridized carbons (Fsp3) is 0.176. The number of anilines is 2. The number of halogens is 1. The van der Waals surface area contributed by atoms with Crippen LogP contribution in [0, 0.1) is 6.92 Å². The van der Waals surface area contributed by atoms with E-state index in [9.17, 15) is 9.59 Å². The van der Waals surface area contributed by atoms with Gasteiger partial charge in [0.2, 0.25) is 11.8 Å². The van der Waals surface area contributed by atoms with Crippen molar-refractivity contribution in [2.75, 3.05) is 17.7 Å². The van der Waals surface area contributed by atoms with Gasteiger partial charge >= 0.3 is 0 Å². The normalized spacial score (nSPS) is 10.0. The molecule has 120 valence electrons. The first-order valence-corrected chi connectivity index (χ1v) is 7.78. The van der Waals surface area contributed by atoms with Gasteiger partial charge in [-0.15, -0.1) is 0 Å². The molecule has 6 heteroatoms. The zero-order valence-electron chi connectivity index (χ0n) is 12.9. The lowest BCUT2D eigenvalue weighted by molar-refractivity contribution is -0.123. The predicted octanol–water partition coefficient (Wildman–Crippen LogP) is 3.73. The fourth-order valence-electron chi connectivity index (χ4n) is 2.02. The zero-order valence-corrected chi connectivity index (χ0v) is 14.4. The van der Waals surface area contributed by atoms with Crippen LogP contribution in [0.2, 0.25) is 0 Å². The smallest absolute Gasteiger partial charge is 0.233 e. The van der Waals surface area contributed by atoms with Gasteiger partial charge in [-0.05, 0) is 42.8 Å². The van der Waals surface area contributed by atoms with E-state index >= 15 is 0 Å². The van der Waals surface area contributed by atoms with Gasteiger partial charge in [0.25, 0.3) is 0 Å². The molecule has 0 spiro atoms. The van der Waals surface area contributed by atoms with Gasteiger partial charge in [0.1, 0.15) is 12.2 Å². The molecule has 0 bridgehead atoms. The summed E-state index contributed by atoms with van der Waals surface area (Å²) < 4.78 is 6.11. The van der Waals surface area contributed by atoms with Crippen LogP contribution in [-0.2, 0) is 9.59 Å². The summed E-state index contributed by atoms with van der Waals surface area (Å²) in [5.74, 6) is -0.232. The van der Waals surface area contributed by atoms with E-state index in [2.05, 4.69) is 26.6 Å². The summed E-state index contributed by atoms with van der Waals surface area (Å²) in [4.78, 5) is 23.9. The number of carbonyl (C=O) groups excluding carboxylic acids is 2. The SMILES string of the molecule is COc1ccccc1NC(=O)CC(=O)Nc1ccc(Br)c(C)c1. The van der Waals surface area contributed by atoms with Crippen LogP contribution < -0.4 is 15.4 Å². The monoisotopic (exact) mass is 376 g/mol. The van der Waals surface area contributed by atoms with E-state index in [1.807, 2.05) is 19.1 Å². The van der Waals surface area contributed by atoms with Crippen molar-refractivity contribution in [3.8, 4) is 5.75 Å². The third-order valence-corrected chi connectivity index (χ3v) is 4.03. The van der Waals surface area contributed by atoms with Crippen molar-refractivity contribution in [2.45, 2.75) is 13.3 Å². The maximum Gasteiger partial charge on any atom is 0.233 e. The van der Waals surface area contributed by atoms with E-state index in [0.717, 1.165) is 10.0 Å². The second kappa shape index (κ2) is 7.78. The molecule has 0 radical (unpaired) electrons. The molecule has 2 amide bonds. The van der Waals surface area contributed by atoms with Crippen LogP contribution in [0.5, 0.6) is 5.75 Å². The minimum absolute atomic E-state index is 0.271. The molecular formula is C17H17BrN2O3. The Bertz CT molecular complexity index is 732. The third kappa shape index (κ3) is 4.82. The van der Waals surface area contributed by atoms with Crippen LogP contribution in [-0.4, -0.2) is 18.9 Å². The number of benzene rings is 2. The Hall–Kier alpha value is -2.34. The quantitative estimate of drug-likeness (QED) is 0.781. The summed E-state index contributed by atoms with van der Waals surface area (Å²) in [6.07, 6.45) is -0.271. The fourth-order valence-corrected chi connectivity index (χ4v) is 2.26. The average Bonchev–Trinajstić information content (AvgIpc) is 2.51. The molecule has 2 N–H and O–H groups in total. The van der Waals surface area contributed by atoms with Gasteiger partial charge in [0.05, 0.1) is 12.8 Å². The third-order valence-electron chi connectivity index (χ3n) is 3.14. The largest absolute Gasteiger partial charge is 0.495 e. The second-order valence-corrected chi connectivity index (χ2v) is 5.79. The molecule has 0 aliphatic heterocycles. The Balaban J connectivity index is 1.94. The molecular weight excluding hydrogens is 360 g/mol. The number of para-hydroxylation sites is 2. The maximum atomic E-state index is 12.0. The highest BCUT2D eigenvalue weighted by Gasteiger charge is 2.12. The lowest BCUT2D eigenvalue weighted by Gasteiger charge is -2.10. The summed E-state index contributed by atoms with van der Waals surface area (Å²) in [6, 6.07) is 12.5. The number of aryl methyl sites for hydroxylation is 1. The van der Waals surface area contributed by atoms with E-state index < -0.39 is 5.91 Å². The number of rotatable bonds is 5. The summed E-state index contributed by atoms with van der Waals surface area (Å²) >= 11 is 3.40. The van der Waals surface area contributed by atoms with Crippen molar-refractivity contribution >= 4 is 39.1 Å². The number of nitrogens with one attached hydrogen (secondary N) is 2.